The largest absolute Gasteiger partial charge is 0.480 e. The summed E-state index contributed by atoms with van der Waals surface area (Å²) in [4.78, 5) is 19.0. The molecule has 0 saturated carbocycles. The topological polar surface area (TPSA) is 112 Å². The van der Waals surface area contributed by atoms with Crippen LogP contribution in [0.2, 0.25) is 5.02 Å². The molecule has 8 heteroatoms. The Morgan fingerprint density at radius 2 is 1.76 bits per heavy atom. The number of halogens is 1. The van der Waals surface area contributed by atoms with Crippen molar-refractivity contribution in [3.05, 3.63) is 106 Å². The van der Waals surface area contributed by atoms with Gasteiger partial charge in [0.25, 0.3) is 0 Å². The summed E-state index contributed by atoms with van der Waals surface area (Å²) in [6.45, 7) is 0.229. The first-order valence-electron chi connectivity index (χ1n) is 10.3. The third-order valence-electron chi connectivity index (χ3n) is 4.93. The number of nitrogens with zero attached hydrogens (tertiary/aromatic N) is 3. The lowest BCUT2D eigenvalue weighted by Crippen LogP contribution is -2.32. The minimum absolute atomic E-state index is 0.229. The summed E-state index contributed by atoms with van der Waals surface area (Å²) in [7, 11) is 1.66. The average molecular weight is 465 g/mol. The van der Waals surface area contributed by atoms with E-state index in [1.165, 1.54) is 5.06 Å². The van der Waals surface area contributed by atoms with Crippen LogP contribution in [-0.2, 0) is 11.2 Å². The van der Waals surface area contributed by atoms with Crippen molar-refractivity contribution < 1.29 is 15.1 Å². The predicted octanol–water partition coefficient (Wildman–Crippen LogP) is 2.49. The van der Waals surface area contributed by atoms with Crippen molar-refractivity contribution in [2.24, 2.45) is 15.7 Å². The molecule has 0 fully saturated rings. The van der Waals surface area contributed by atoms with Crippen LogP contribution in [0.1, 0.15) is 11.1 Å². The normalized spacial score (nSPS) is 15.0. The van der Waals surface area contributed by atoms with Crippen molar-refractivity contribution in [2.75, 3.05) is 13.6 Å². The van der Waals surface area contributed by atoms with Crippen LogP contribution >= 0.6 is 11.6 Å². The quantitative estimate of drug-likeness (QED) is 0.549. The fourth-order valence-corrected chi connectivity index (χ4v) is 3.47. The highest BCUT2D eigenvalue weighted by Gasteiger charge is 2.17. The Kier molecular flexibility index (Phi) is 8.32. The lowest BCUT2D eigenvalue weighted by atomic mass is 10.1. The fourth-order valence-electron chi connectivity index (χ4n) is 3.30. The van der Waals surface area contributed by atoms with Crippen LogP contribution in [-0.4, -0.2) is 46.8 Å². The highest BCUT2D eigenvalue weighted by atomic mass is 35.5. The Morgan fingerprint density at radius 3 is 2.36 bits per heavy atom. The number of hydroxylamine groups is 2. The summed E-state index contributed by atoms with van der Waals surface area (Å²) in [5.74, 6) is -0.397. The van der Waals surface area contributed by atoms with Crippen LogP contribution in [0.4, 0.5) is 0 Å². The Labute approximate surface area is 196 Å². The molecule has 0 saturated heterocycles. The van der Waals surface area contributed by atoms with Gasteiger partial charge in [0.05, 0.1) is 11.1 Å². The number of rotatable bonds is 4. The number of nitrogens with two attached hydrogens (primary N) is 1. The fraction of sp³-hybridized carbons (Fsp3) is 0.160. The summed E-state index contributed by atoms with van der Waals surface area (Å²) in [5, 5.41) is 22.3. The first-order chi connectivity index (χ1) is 15.9. The molecule has 4 N–H and O–H groups in total. The second-order valence-corrected chi connectivity index (χ2v) is 7.76. The van der Waals surface area contributed by atoms with Crippen molar-refractivity contribution in [3.8, 4) is 0 Å². The van der Waals surface area contributed by atoms with Gasteiger partial charge >= 0.3 is 5.97 Å². The van der Waals surface area contributed by atoms with Crippen molar-refractivity contribution in [3.63, 3.8) is 0 Å². The van der Waals surface area contributed by atoms with E-state index in [1.54, 1.807) is 13.1 Å². The number of aliphatic imine (C=N–C) groups is 1. The van der Waals surface area contributed by atoms with Crippen LogP contribution in [0, 0.1) is 0 Å². The van der Waals surface area contributed by atoms with Gasteiger partial charge in [-0.15, -0.1) is 0 Å². The van der Waals surface area contributed by atoms with Gasteiger partial charge in [-0.2, -0.15) is 0 Å². The van der Waals surface area contributed by atoms with E-state index in [9.17, 15) is 10.0 Å². The van der Waals surface area contributed by atoms with Gasteiger partial charge in [0.1, 0.15) is 18.4 Å². The molecule has 1 aliphatic rings. The molecule has 1 heterocycles. The smallest absolute Gasteiger partial charge is 0.320 e. The molecule has 0 aliphatic carbocycles. The van der Waals surface area contributed by atoms with E-state index in [4.69, 9.17) is 22.4 Å². The Balaban J connectivity index is 0.000000218. The summed E-state index contributed by atoms with van der Waals surface area (Å²) in [5.41, 5.74) is 7.88. The van der Waals surface area contributed by atoms with Crippen LogP contribution in [0.15, 0.2) is 88.8 Å². The maximum absolute atomic E-state index is 10.5. The molecule has 0 radical (unpaired) electrons. The third kappa shape index (κ3) is 6.49. The zero-order valence-electron chi connectivity index (χ0n) is 18.1. The summed E-state index contributed by atoms with van der Waals surface area (Å²) in [6.07, 6.45) is 0.385. The molecule has 0 spiro atoms. The van der Waals surface area contributed by atoms with Gasteiger partial charge in [-0.3, -0.25) is 15.0 Å². The van der Waals surface area contributed by atoms with Crippen LogP contribution in [0.5, 0.6) is 0 Å². The minimum Gasteiger partial charge on any atom is -0.480 e. The maximum atomic E-state index is 10.5. The van der Waals surface area contributed by atoms with Crippen LogP contribution in [0.25, 0.3) is 5.70 Å². The molecule has 0 unspecified atom stereocenters. The molecule has 0 amide bonds. The van der Waals surface area contributed by atoms with Gasteiger partial charge in [0.15, 0.2) is 0 Å². The average Bonchev–Trinajstić information content (AvgIpc) is 2.95. The van der Waals surface area contributed by atoms with E-state index in [2.05, 4.69) is 9.98 Å². The van der Waals surface area contributed by atoms with E-state index < -0.39 is 12.0 Å². The number of fused-ring (bicyclic) bond motifs is 1. The molecule has 0 aromatic heterocycles. The monoisotopic (exact) mass is 464 g/mol. The Bertz CT molecular complexity index is 1250. The van der Waals surface area contributed by atoms with Crippen molar-refractivity contribution >= 4 is 29.1 Å². The maximum Gasteiger partial charge on any atom is 0.320 e. The van der Waals surface area contributed by atoms with Gasteiger partial charge in [-0.05, 0) is 30.2 Å². The third-order valence-corrected chi connectivity index (χ3v) is 5.17. The molecular weight excluding hydrogens is 440 g/mol. The SMILES string of the molecule is C/N=C1/CN(O)C(c2ccccc2)=c2cc(Cl)ccc2=N1.N[C@@H](Cc1ccccc1)C(=O)O. The van der Waals surface area contributed by atoms with Gasteiger partial charge in [-0.1, -0.05) is 72.3 Å². The van der Waals surface area contributed by atoms with Gasteiger partial charge in [0.2, 0.25) is 0 Å². The first kappa shape index (κ1) is 24.1. The summed E-state index contributed by atoms with van der Waals surface area (Å²) in [6, 6.07) is 23.7. The number of carboxylic acids is 1. The number of carboxylic acid groups (broad SMARTS) is 1. The van der Waals surface area contributed by atoms with E-state index in [1.807, 2.05) is 72.8 Å². The molecule has 3 aromatic rings. The summed E-state index contributed by atoms with van der Waals surface area (Å²) >= 11 is 6.12. The highest BCUT2D eigenvalue weighted by Crippen LogP contribution is 2.15. The van der Waals surface area contributed by atoms with Crippen LogP contribution < -0.4 is 16.3 Å². The number of hydrogen-bond acceptors (Lipinski definition) is 5. The second kappa shape index (κ2) is 11.4. The molecule has 170 valence electrons. The van der Waals surface area contributed by atoms with Crippen molar-refractivity contribution in [2.45, 2.75) is 12.5 Å². The van der Waals surface area contributed by atoms with Crippen LogP contribution in [0.3, 0.4) is 0 Å². The standard InChI is InChI=1S/C16H14ClN3O.C9H11NO2/c1-18-15-10-20(21)16(11-5-3-2-4-6-11)13-9-12(17)7-8-14(13)19-15;10-8(9(11)12)6-7-4-2-1-3-5-7/h2-9,21H,10H2,1H3;1-5,8H,6,10H2,(H,11,12)/b18-15-;/t;8-/m.0/s1. The summed E-state index contributed by atoms with van der Waals surface area (Å²) < 4.78 is 0. The number of benzene rings is 3. The predicted molar refractivity (Wildman–Crippen MR) is 129 cm³/mol. The highest BCUT2D eigenvalue weighted by molar-refractivity contribution is 6.30. The molecule has 4 rings (SSSR count). The van der Waals surface area contributed by atoms with Crippen molar-refractivity contribution in [1.29, 1.82) is 0 Å². The zero-order valence-corrected chi connectivity index (χ0v) is 18.9. The lowest BCUT2D eigenvalue weighted by Gasteiger charge is -2.19. The molecule has 1 aliphatic heterocycles. The number of carbonyl (C=O) groups is 1. The zero-order chi connectivity index (χ0) is 23.8. The van der Waals surface area contributed by atoms with Gasteiger partial charge in [0, 0.05) is 22.9 Å². The van der Waals surface area contributed by atoms with E-state index in [0.717, 1.165) is 21.7 Å². The first-order valence-corrected chi connectivity index (χ1v) is 10.6. The van der Waals surface area contributed by atoms with Gasteiger partial charge in [-0.25, -0.2) is 10.1 Å². The van der Waals surface area contributed by atoms with Crippen molar-refractivity contribution in [1.82, 2.24) is 5.06 Å². The molecule has 33 heavy (non-hydrogen) atoms. The lowest BCUT2D eigenvalue weighted by molar-refractivity contribution is -0.138. The Morgan fingerprint density at radius 1 is 1.12 bits per heavy atom. The minimum atomic E-state index is -0.959. The second-order valence-electron chi connectivity index (χ2n) is 7.32. The number of hydrogen-bond donors (Lipinski definition) is 3. The molecule has 3 aromatic carbocycles. The molecular formula is C25H25ClN4O3. The number of amidine groups is 1. The molecule has 1 atom stereocenters. The van der Waals surface area contributed by atoms with E-state index in [-0.39, 0.29) is 6.54 Å². The van der Waals surface area contributed by atoms with E-state index in [0.29, 0.717) is 23.0 Å². The molecule has 0 bridgehead atoms. The van der Waals surface area contributed by atoms with E-state index >= 15 is 0 Å². The Hall–Kier alpha value is -3.52. The number of aliphatic carboxylic acids is 1. The van der Waals surface area contributed by atoms with Gasteiger partial charge < -0.3 is 10.8 Å². The molecule has 7 nitrogen and oxygen atoms in total.